The summed E-state index contributed by atoms with van der Waals surface area (Å²) in [5.41, 5.74) is 5.13. The molecule has 1 N–H and O–H groups in total. The van der Waals surface area contributed by atoms with Crippen LogP contribution < -0.4 is 5.32 Å². The summed E-state index contributed by atoms with van der Waals surface area (Å²) in [5, 5.41) is 8.05. The summed E-state index contributed by atoms with van der Waals surface area (Å²) in [4.78, 5) is 17.7. The van der Waals surface area contributed by atoms with E-state index in [1.54, 1.807) is 6.20 Å². The first-order chi connectivity index (χ1) is 12.5. The van der Waals surface area contributed by atoms with Gasteiger partial charge in [0, 0.05) is 30.9 Å². The zero-order chi connectivity index (χ0) is 18.7. The minimum absolute atomic E-state index is 0.469. The van der Waals surface area contributed by atoms with Crippen LogP contribution in [0.2, 0.25) is 0 Å². The van der Waals surface area contributed by atoms with E-state index in [1.165, 1.54) is 0 Å². The number of hydrogen-bond acceptors (Lipinski definition) is 5. The topological polar surface area (TPSA) is 63.1 Å². The highest BCUT2D eigenvalue weighted by Gasteiger charge is 2.17. The van der Waals surface area contributed by atoms with Crippen LogP contribution in [-0.2, 0) is 6.54 Å². The number of nitrogens with one attached hydrogen (secondary N) is 1. The highest BCUT2D eigenvalue weighted by atomic mass is 16.1. The predicted octanol–water partition coefficient (Wildman–Crippen LogP) is 3.16. The largest absolute Gasteiger partial charge is 0.373 e. The van der Waals surface area contributed by atoms with Gasteiger partial charge in [-0.2, -0.15) is 5.10 Å². The fourth-order valence-corrected chi connectivity index (χ4v) is 3.04. The Morgan fingerprint density at radius 1 is 1.23 bits per heavy atom. The number of carbonyl (C=O) groups excluding carboxylic acids is 1. The van der Waals surface area contributed by atoms with Gasteiger partial charge in [-0.3, -0.25) is 9.78 Å². The Balaban J connectivity index is 2.13. The molecule has 0 fully saturated rings. The molecule has 6 nitrogen and oxygen atoms in total. The molecule has 0 aliphatic carbocycles. The molecule has 0 radical (unpaired) electrons. The van der Waals surface area contributed by atoms with E-state index >= 15 is 0 Å². The second-order valence-corrected chi connectivity index (χ2v) is 6.44. The SMILES string of the molecule is CNc1c(C)c(-c2cnc(C=O)c(CN(C)C)c2)nn1-c1ccccc1. The Morgan fingerprint density at radius 3 is 2.58 bits per heavy atom. The first-order valence-electron chi connectivity index (χ1n) is 8.47. The van der Waals surface area contributed by atoms with Crippen LogP contribution in [0.15, 0.2) is 42.6 Å². The van der Waals surface area contributed by atoms with Gasteiger partial charge in [0.2, 0.25) is 0 Å². The molecule has 0 unspecified atom stereocenters. The fraction of sp³-hybridized carbons (Fsp3) is 0.250. The molecule has 0 amide bonds. The predicted molar refractivity (Wildman–Crippen MR) is 104 cm³/mol. The second-order valence-electron chi connectivity index (χ2n) is 6.44. The van der Waals surface area contributed by atoms with Gasteiger partial charge in [0.25, 0.3) is 0 Å². The minimum Gasteiger partial charge on any atom is -0.373 e. The van der Waals surface area contributed by atoms with Crippen molar-refractivity contribution in [3.8, 4) is 16.9 Å². The average molecular weight is 349 g/mol. The zero-order valence-electron chi connectivity index (χ0n) is 15.5. The molecule has 0 spiro atoms. The number of aromatic nitrogens is 3. The quantitative estimate of drug-likeness (QED) is 0.693. The Kier molecular flexibility index (Phi) is 5.14. The van der Waals surface area contributed by atoms with Crippen molar-refractivity contribution in [1.82, 2.24) is 19.7 Å². The molecule has 0 atom stereocenters. The number of pyridine rings is 1. The summed E-state index contributed by atoms with van der Waals surface area (Å²) in [6.07, 6.45) is 2.52. The Bertz CT molecular complexity index is 915. The van der Waals surface area contributed by atoms with E-state index in [-0.39, 0.29) is 0 Å². The molecular formula is C20H23N5O. The monoisotopic (exact) mass is 349 g/mol. The van der Waals surface area contributed by atoms with Crippen LogP contribution in [0.3, 0.4) is 0 Å². The summed E-state index contributed by atoms with van der Waals surface area (Å²) < 4.78 is 1.89. The number of para-hydroxylation sites is 1. The van der Waals surface area contributed by atoms with Gasteiger partial charge in [-0.15, -0.1) is 0 Å². The van der Waals surface area contributed by atoms with E-state index in [0.29, 0.717) is 12.2 Å². The second kappa shape index (κ2) is 7.49. The van der Waals surface area contributed by atoms with Crippen LogP contribution >= 0.6 is 0 Å². The van der Waals surface area contributed by atoms with Crippen molar-refractivity contribution in [2.24, 2.45) is 0 Å². The zero-order valence-corrected chi connectivity index (χ0v) is 15.5. The molecule has 3 rings (SSSR count). The number of aldehydes is 1. The lowest BCUT2D eigenvalue weighted by Crippen LogP contribution is -2.13. The van der Waals surface area contributed by atoms with Crippen molar-refractivity contribution < 1.29 is 4.79 Å². The Hall–Kier alpha value is -2.99. The molecule has 6 heteroatoms. The number of rotatable bonds is 6. The summed E-state index contributed by atoms with van der Waals surface area (Å²) in [5.74, 6) is 0.930. The molecular weight excluding hydrogens is 326 g/mol. The van der Waals surface area contributed by atoms with Crippen LogP contribution in [0.25, 0.3) is 16.9 Å². The highest BCUT2D eigenvalue weighted by molar-refractivity contribution is 5.77. The van der Waals surface area contributed by atoms with Crippen LogP contribution in [0.1, 0.15) is 21.6 Å². The lowest BCUT2D eigenvalue weighted by atomic mass is 10.1. The van der Waals surface area contributed by atoms with Crippen LogP contribution in [0.4, 0.5) is 5.82 Å². The number of benzene rings is 1. The summed E-state index contributed by atoms with van der Waals surface area (Å²) in [6, 6.07) is 12.0. The Morgan fingerprint density at radius 2 is 1.96 bits per heavy atom. The Labute approximate surface area is 153 Å². The lowest BCUT2D eigenvalue weighted by Gasteiger charge is -2.12. The van der Waals surface area contributed by atoms with Crippen molar-refractivity contribution in [2.45, 2.75) is 13.5 Å². The van der Waals surface area contributed by atoms with Gasteiger partial charge in [0.05, 0.1) is 11.4 Å². The van der Waals surface area contributed by atoms with E-state index in [1.807, 2.05) is 74.0 Å². The van der Waals surface area contributed by atoms with Gasteiger partial charge in [-0.25, -0.2) is 4.68 Å². The number of carbonyl (C=O) groups is 1. The molecule has 2 heterocycles. The first-order valence-corrected chi connectivity index (χ1v) is 8.47. The minimum atomic E-state index is 0.469. The maximum absolute atomic E-state index is 11.3. The van der Waals surface area contributed by atoms with Gasteiger partial charge in [-0.05, 0) is 44.8 Å². The maximum atomic E-state index is 11.3. The maximum Gasteiger partial charge on any atom is 0.168 e. The van der Waals surface area contributed by atoms with Crippen molar-refractivity contribution >= 4 is 12.1 Å². The molecule has 0 saturated heterocycles. The van der Waals surface area contributed by atoms with E-state index < -0.39 is 0 Å². The lowest BCUT2D eigenvalue weighted by molar-refractivity contribution is 0.111. The van der Waals surface area contributed by atoms with Crippen molar-refractivity contribution in [3.63, 3.8) is 0 Å². The van der Waals surface area contributed by atoms with Gasteiger partial charge in [0.15, 0.2) is 6.29 Å². The van der Waals surface area contributed by atoms with E-state index in [4.69, 9.17) is 5.10 Å². The van der Waals surface area contributed by atoms with Gasteiger partial charge < -0.3 is 10.2 Å². The number of nitrogens with zero attached hydrogens (tertiary/aromatic N) is 4. The van der Waals surface area contributed by atoms with E-state index in [0.717, 1.165) is 40.2 Å². The fourth-order valence-electron chi connectivity index (χ4n) is 3.04. The average Bonchev–Trinajstić information content (AvgIpc) is 2.98. The number of anilines is 1. The van der Waals surface area contributed by atoms with Gasteiger partial charge >= 0.3 is 0 Å². The summed E-state index contributed by atoms with van der Waals surface area (Å²) in [7, 11) is 5.82. The third-order valence-corrected chi connectivity index (χ3v) is 4.23. The molecule has 0 saturated carbocycles. The van der Waals surface area contributed by atoms with Crippen molar-refractivity contribution in [3.05, 3.63) is 59.4 Å². The highest BCUT2D eigenvalue weighted by Crippen LogP contribution is 2.30. The standard InChI is InChI=1S/C20H23N5O/c1-14-19(15-10-16(12-24(3)4)18(13-26)22-11-15)23-25(20(14)21-2)17-8-6-5-7-9-17/h5-11,13,21H,12H2,1-4H3. The van der Waals surface area contributed by atoms with Gasteiger partial charge in [0.1, 0.15) is 11.5 Å². The van der Waals surface area contributed by atoms with Gasteiger partial charge in [-0.1, -0.05) is 18.2 Å². The van der Waals surface area contributed by atoms with E-state index in [2.05, 4.69) is 10.3 Å². The molecule has 0 bridgehead atoms. The first kappa shape index (κ1) is 17.8. The smallest absolute Gasteiger partial charge is 0.168 e. The molecule has 26 heavy (non-hydrogen) atoms. The molecule has 0 aliphatic heterocycles. The molecule has 3 aromatic rings. The summed E-state index contributed by atoms with van der Waals surface area (Å²) >= 11 is 0. The molecule has 1 aromatic carbocycles. The molecule has 134 valence electrons. The molecule has 2 aromatic heterocycles. The third-order valence-electron chi connectivity index (χ3n) is 4.23. The third kappa shape index (κ3) is 3.36. The summed E-state index contributed by atoms with van der Waals surface area (Å²) in [6.45, 7) is 2.68. The van der Waals surface area contributed by atoms with Crippen molar-refractivity contribution in [1.29, 1.82) is 0 Å². The number of hydrogen-bond donors (Lipinski definition) is 1. The van der Waals surface area contributed by atoms with Crippen LogP contribution in [0.5, 0.6) is 0 Å². The normalized spacial score (nSPS) is 11.0. The van der Waals surface area contributed by atoms with E-state index in [9.17, 15) is 4.79 Å². The van der Waals surface area contributed by atoms with Crippen molar-refractivity contribution in [2.75, 3.05) is 26.5 Å². The van der Waals surface area contributed by atoms with Crippen LogP contribution in [0, 0.1) is 6.92 Å². The van der Waals surface area contributed by atoms with Crippen LogP contribution in [-0.4, -0.2) is 47.1 Å². The molecule has 0 aliphatic rings.